The molecule has 2 bridgehead atoms. The van der Waals surface area contributed by atoms with Gasteiger partial charge in [-0.1, -0.05) is 60.7 Å². The fraction of sp³-hybridized carbons (Fsp3) is 0.455. The zero-order valence-electron chi connectivity index (χ0n) is 13.3. The van der Waals surface area contributed by atoms with Crippen LogP contribution in [0.5, 0.6) is 0 Å². The van der Waals surface area contributed by atoms with E-state index in [4.69, 9.17) is 0 Å². The number of hydrogen-bond acceptors (Lipinski definition) is 0. The van der Waals surface area contributed by atoms with Crippen molar-refractivity contribution in [1.82, 2.24) is 0 Å². The van der Waals surface area contributed by atoms with Crippen LogP contribution in [0.1, 0.15) is 36.8 Å². The standard InChI is InChI=1S/C22H26/c1-3-7-17(8-4-1)15-21-19-11-13-20(14-12-19)22(21)16-18-9-5-2-6-10-18/h1-10,19-22H,11-16H2. The Labute approximate surface area is 134 Å². The molecule has 22 heavy (non-hydrogen) atoms. The molecule has 114 valence electrons. The highest BCUT2D eigenvalue weighted by Crippen LogP contribution is 2.51. The molecule has 3 aliphatic rings. The lowest BCUT2D eigenvalue weighted by molar-refractivity contribution is 0.0236. The van der Waals surface area contributed by atoms with Crippen molar-refractivity contribution in [3.8, 4) is 0 Å². The third-order valence-electron chi connectivity index (χ3n) is 6.21. The van der Waals surface area contributed by atoms with Crippen LogP contribution in [-0.2, 0) is 12.8 Å². The summed E-state index contributed by atoms with van der Waals surface area (Å²) >= 11 is 0. The van der Waals surface area contributed by atoms with Crippen LogP contribution >= 0.6 is 0 Å². The third kappa shape index (κ3) is 2.84. The maximum absolute atomic E-state index is 2.32. The summed E-state index contributed by atoms with van der Waals surface area (Å²) in [4.78, 5) is 0. The third-order valence-corrected chi connectivity index (χ3v) is 6.21. The van der Waals surface area contributed by atoms with Gasteiger partial charge in [0.05, 0.1) is 0 Å². The van der Waals surface area contributed by atoms with Gasteiger partial charge < -0.3 is 0 Å². The minimum Gasteiger partial charge on any atom is -0.0622 e. The Hall–Kier alpha value is -1.56. The molecule has 0 N–H and O–H groups in total. The molecule has 0 radical (unpaired) electrons. The molecule has 5 rings (SSSR count). The zero-order valence-corrected chi connectivity index (χ0v) is 13.3. The molecule has 2 unspecified atom stereocenters. The maximum atomic E-state index is 2.32. The molecule has 3 fully saturated rings. The van der Waals surface area contributed by atoms with Crippen LogP contribution in [0.25, 0.3) is 0 Å². The molecule has 0 heteroatoms. The summed E-state index contributed by atoms with van der Waals surface area (Å²) in [6.45, 7) is 0. The van der Waals surface area contributed by atoms with Gasteiger partial charge in [0.15, 0.2) is 0 Å². The van der Waals surface area contributed by atoms with Gasteiger partial charge in [0, 0.05) is 0 Å². The van der Waals surface area contributed by atoms with E-state index in [1.807, 2.05) is 0 Å². The van der Waals surface area contributed by atoms with Crippen molar-refractivity contribution in [2.45, 2.75) is 38.5 Å². The molecule has 2 aromatic carbocycles. The SMILES string of the molecule is c1ccc(CC2C3CCC(CC3)C2Cc2ccccc2)cc1. The molecule has 0 saturated heterocycles. The second kappa shape index (κ2) is 6.28. The molecule has 0 amide bonds. The first-order valence-electron chi connectivity index (χ1n) is 8.98. The van der Waals surface area contributed by atoms with Crippen LogP contribution in [0, 0.1) is 23.7 Å². The van der Waals surface area contributed by atoms with E-state index in [1.54, 1.807) is 0 Å². The van der Waals surface area contributed by atoms with Crippen LogP contribution in [0.3, 0.4) is 0 Å². The quantitative estimate of drug-likeness (QED) is 0.695. The fourth-order valence-corrected chi connectivity index (χ4v) is 5.11. The van der Waals surface area contributed by atoms with Gasteiger partial charge in [-0.2, -0.15) is 0 Å². The minimum atomic E-state index is 0.898. The van der Waals surface area contributed by atoms with E-state index in [9.17, 15) is 0 Å². The molecule has 3 aliphatic carbocycles. The van der Waals surface area contributed by atoms with Gasteiger partial charge in [0.25, 0.3) is 0 Å². The molecule has 2 aromatic rings. The number of benzene rings is 2. The number of fused-ring (bicyclic) bond motifs is 3. The molecule has 2 atom stereocenters. The summed E-state index contributed by atoms with van der Waals surface area (Å²) in [5, 5.41) is 0. The Bertz CT molecular complexity index is 522. The lowest BCUT2D eigenvalue weighted by Gasteiger charge is -2.49. The fourth-order valence-electron chi connectivity index (χ4n) is 5.11. The van der Waals surface area contributed by atoms with Gasteiger partial charge in [-0.15, -0.1) is 0 Å². The van der Waals surface area contributed by atoms with E-state index in [-0.39, 0.29) is 0 Å². The lowest BCUT2D eigenvalue weighted by atomic mass is 9.56. The van der Waals surface area contributed by atoms with E-state index >= 15 is 0 Å². The monoisotopic (exact) mass is 290 g/mol. The van der Waals surface area contributed by atoms with Crippen molar-refractivity contribution in [3.63, 3.8) is 0 Å². The minimum absolute atomic E-state index is 0.898. The molecule has 3 saturated carbocycles. The van der Waals surface area contributed by atoms with Gasteiger partial charge in [-0.05, 0) is 73.3 Å². The largest absolute Gasteiger partial charge is 0.0622 e. The van der Waals surface area contributed by atoms with E-state index in [1.165, 1.54) is 49.7 Å². The number of hydrogen-bond donors (Lipinski definition) is 0. The molecule has 0 aliphatic heterocycles. The Morgan fingerprint density at radius 1 is 0.545 bits per heavy atom. The van der Waals surface area contributed by atoms with Crippen molar-refractivity contribution in [2.24, 2.45) is 23.7 Å². The zero-order chi connectivity index (χ0) is 14.8. The Morgan fingerprint density at radius 2 is 0.909 bits per heavy atom. The van der Waals surface area contributed by atoms with Crippen molar-refractivity contribution in [2.75, 3.05) is 0 Å². The van der Waals surface area contributed by atoms with E-state index < -0.39 is 0 Å². The summed E-state index contributed by atoms with van der Waals surface area (Å²) in [7, 11) is 0. The Morgan fingerprint density at radius 3 is 1.27 bits per heavy atom. The van der Waals surface area contributed by atoms with Crippen LogP contribution in [0.4, 0.5) is 0 Å². The van der Waals surface area contributed by atoms with Gasteiger partial charge in [-0.3, -0.25) is 0 Å². The van der Waals surface area contributed by atoms with Crippen LogP contribution in [0.15, 0.2) is 60.7 Å². The van der Waals surface area contributed by atoms with Crippen LogP contribution < -0.4 is 0 Å². The van der Waals surface area contributed by atoms with Crippen LogP contribution in [-0.4, -0.2) is 0 Å². The summed E-state index contributed by atoms with van der Waals surface area (Å²) in [5.41, 5.74) is 3.08. The van der Waals surface area contributed by atoms with Gasteiger partial charge in [0.2, 0.25) is 0 Å². The molecular formula is C22H26. The topological polar surface area (TPSA) is 0 Å². The van der Waals surface area contributed by atoms with Gasteiger partial charge in [-0.25, -0.2) is 0 Å². The highest BCUT2D eigenvalue weighted by molar-refractivity contribution is 5.19. The summed E-state index contributed by atoms with van der Waals surface area (Å²) < 4.78 is 0. The predicted octanol–water partition coefficient (Wildman–Crippen LogP) is 5.52. The van der Waals surface area contributed by atoms with Crippen molar-refractivity contribution in [1.29, 1.82) is 0 Å². The summed E-state index contributed by atoms with van der Waals surface area (Å²) in [6.07, 6.45) is 8.50. The first kappa shape index (κ1) is 14.1. The van der Waals surface area contributed by atoms with E-state index in [0.717, 1.165) is 23.7 Å². The van der Waals surface area contributed by atoms with E-state index in [2.05, 4.69) is 60.7 Å². The molecule has 0 nitrogen and oxygen atoms in total. The smallest absolute Gasteiger partial charge is 0.0245 e. The molecule has 0 aromatic heterocycles. The Balaban J connectivity index is 1.56. The second-order valence-electron chi connectivity index (χ2n) is 7.38. The van der Waals surface area contributed by atoms with Crippen molar-refractivity contribution < 1.29 is 0 Å². The van der Waals surface area contributed by atoms with Crippen LogP contribution in [0.2, 0.25) is 0 Å². The first-order chi connectivity index (χ1) is 10.9. The number of rotatable bonds is 4. The maximum Gasteiger partial charge on any atom is -0.0245 e. The summed E-state index contributed by atoms with van der Waals surface area (Å²) in [5.74, 6) is 3.74. The predicted molar refractivity (Wildman–Crippen MR) is 92.7 cm³/mol. The molecule has 0 spiro atoms. The van der Waals surface area contributed by atoms with Gasteiger partial charge >= 0.3 is 0 Å². The lowest BCUT2D eigenvalue weighted by Crippen LogP contribution is -2.42. The Kier molecular flexibility index (Phi) is 4.01. The van der Waals surface area contributed by atoms with Crippen molar-refractivity contribution >= 4 is 0 Å². The highest BCUT2D eigenvalue weighted by Gasteiger charge is 2.42. The summed E-state index contributed by atoms with van der Waals surface area (Å²) in [6, 6.07) is 22.3. The normalized spacial score (nSPS) is 30.4. The highest BCUT2D eigenvalue weighted by atomic mass is 14.5. The van der Waals surface area contributed by atoms with Crippen molar-refractivity contribution in [3.05, 3.63) is 71.8 Å². The van der Waals surface area contributed by atoms with E-state index in [0.29, 0.717) is 0 Å². The molecule has 0 heterocycles. The molecular weight excluding hydrogens is 264 g/mol. The average molecular weight is 290 g/mol. The average Bonchev–Trinajstić information content (AvgIpc) is 2.60. The second-order valence-corrected chi connectivity index (χ2v) is 7.38. The van der Waals surface area contributed by atoms with Gasteiger partial charge in [0.1, 0.15) is 0 Å². The first-order valence-corrected chi connectivity index (χ1v) is 8.98.